The van der Waals surface area contributed by atoms with Crippen molar-refractivity contribution in [2.45, 2.75) is 37.5 Å². The maximum atomic E-state index is 13.5. The first kappa shape index (κ1) is 24.5. The Morgan fingerprint density at radius 2 is 1.97 bits per heavy atom. The van der Waals surface area contributed by atoms with Gasteiger partial charge in [0, 0.05) is 44.7 Å². The molecule has 0 N–H and O–H groups in total. The molecule has 2 heterocycles. The van der Waals surface area contributed by atoms with Crippen molar-refractivity contribution in [3.8, 4) is 5.75 Å². The molecule has 0 unspecified atom stereocenters. The lowest BCUT2D eigenvalue weighted by Crippen LogP contribution is -2.56. The molecule has 11 heteroatoms. The largest absolute Gasteiger partial charge is 0.422 e. The zero-order valence-corrected chi connectivity index (χ0v) is 19.5. The summed E-state index contributed by atoms with van der Waals surface area (Å²) >= 11 is 0. The van der Waals surface area contributed by atoms with Gasteiger partial charge in [0.15, 0.2) is 5.79 Å². The van der Waals surface area contributed by atoms with Crippen LogP contribution in [0.4, 0.5) is 10.5 Å². The van der Waals surface area contributed by atoms with Crippen molar-refractivity contribution in [3.63, 3.8) is 0 Å². The molecular weight excluding hydrogens is 446 g/mol. The molecule has 1 aromatic rings. The number of rotatable bonds is 6. The van der Waals surface area contributed by atoms with E-state index in [-0.39, 0.29) is 42.3 Å². The second-order valence-electron chi connectivity index (χ2n) is 9.15. The smallest absolute Gasteiger partial charge is 0.410 e. The first-order valence-corrected chi connectivity index (χ1v) is 11.6. The average molecular weight is 478 g/mol. The third kappa shape index (κ3) is 5.22. The van der Waals surface area contributed by atoms with E-state index in [2.05, 4.69) is 4.90 Å². The Kier molecular flexibility index (Phi) is 7.46. The van der Waals surface area contributed by atoms with Gasteiger partial charge in [-0.3, -0.25) is 14.9 Å². The molecule has 1 saturated carbocycles. The lowest BCUT2D eigenvalue weighted by molar-refractivity contribution is -0.384. The van der Waals surface area contributed by atoms with Gasteiger partial charge in [0.25, 0.3) is 5.69 Å². The number of nitrogens with zero attached hydrogens (tertiary/aromatic N) is 3. The Balaban J connectivity index is 1.45. The molecule has 0 aromatic heterocycles. The summed E-state index contributed by atoms with van der Waals surface area (Å²) in [6.07, 6.45) is 2.33. The maximum Gasteiger partial charge on any atom is 0.422 e. The van der Waals surface area contributed by atoms with Gasteiger partial charge in [-0.25, -0.2) is 9.69 Å². The highest BCUT2D eigenvalue weighted by Crippen LogP contribution is 2.45. The Morgan fingerprint density at radius 1 is 1.26 bits per heavy atom. The van der Waals surface area contributed by atoms with Crippen molar-refractivity contribution in [2.24, 2.45) is 11.8 Å². The lowest BCUT2D eigenvalue weighted by Gasteiger charge is -2.49. The van der Waals surface area contributed by atoms with Crippen LogP contribution in [0.15, 0.2) is 24.3 Å². The molecule has 34 heavy (non-hydrogen) atoms. The van der Waals surface area contributed by atoms with Crippen LogP contribution in [0.2, 0.25) is 0 Å². The summed E-state index contributed by atoms with van der Waals surface area (Å²) in [7, 11) is 3.51. The fourth-order valence-corrected chi connectivity index (χ4v) is 5.41. The van der Waals surface area contributed by atoms with Gasteiger partial charge in [-0.2, -0.15) is 0 Å². The number of carbonyl (C=O) groups is 2. The molecule has 2 saturated heterocycles. The van der Waals surface area contributed by atoms with E-state index in [1.165, 1.54) is 31.4 Å². The van der Waals surface area contributed by atoms with Crippen molar-refractivity contribution in [3.05, 3.63) is 34.4 Å². The van der Waals surface area contributed by atoms with Crippen molar-refractivity contribution >= 4 is 17.7 Å². The Labute approximate surface area is 198 Å². The van der Waals surface area contributed by atoms with Gasteiger partial charge in [-0.1, -0.05) is 0 Å². The highest BCUT2D eigenvalue weighted by Gasteiger charge is 2.49. The monoisotopic (exact) mass is 477 g/mol. The lowest BCUT2D eigenvalue weighted by atomic mass is 9.72. The van der Waals surface area contributed by atoms with Crippen LogP contribution in [0.1, 0.15) is 25.7 Å². The molecule has 0 bridgehead atoms. The van der Waals surface area contributed by atoms with Crippen LogP contribution >= 0.6 is 0 Å². The molecule has 3 aliphatic rings. The number of nitro groups is 1. The van der Waals surface area contributed by atoms with Crippen LogP contribution in [-0.2, 0) is 19.0 Å². The van der Waals surface area contributed by atoms with Gasteiger partial charge in [0.05, 0.1) is 37.2 Å². The number of hydrogen-bond donors (Lipinski definition) is 0. The van der Waals surface area contributed by atoms with E-state index in [0.717, 1.165) is 24.2 Å². The standard InChI is InChI=1S/C23H31N3O8/c1-24-15-17(13-16-14-23(8-7-20(16)24)32-11-12-33-23)21(27)25(9-10-31-2)22(28)34-19-5-3-18(4-6-19)26(29)30/h3-6,16-17,20H,7-15H2,1-2H3/t16-,17-,20-/m1/s1. The summed E-state index contributed by atoms with van der Waals surface area (Å²) in [6.45, 7) is 1.94. The van der Waals surface area contributed by atoms with E-state index in [1.54, 1.807) is 0 Å². The number of imide groups is 1. The van der Waals surface area contributed by atoms with Crippen LogP contribution in [0.5, 0.6) is 5.75 Å². The van der Waals surface area contributed by atoms with E-state index in [4.69, 9.17) is 18.9 Å². The number of nitro benzene ring substituents is 1. The van der Waals surface area contributed by atoms with E-state index in [1.807, 2.05) is 7.05 Å². The number of piperidine rings is 1. The number of methoxy groups -OCH3 is 1. The van der Waals surface area contributed by atoms with Gasteiger partial charge in [-0.05, 0) is 37.9 Å². The molecule has 186 valence electrons. The number of carbonyl (C=O) groups excluding carboxylic acids is 2. The normalized spacial score (nSPS) is 26.1. The third-order valence-corrected chi connectivity index (χ3v) is 7.02. The number of likely N-dealkylation sites (tertiary alicyclic amines) is 1. The van der Waals surface area contributed by atoms with Gasteiger partial charge < -0.3 is 23.8 Å². The number of hydrogen-bond acceptors (Lipinski definition) is 9. The number of fused-ring (bicyclic) bond motifs is 1. The van der Waals surface area contributed by atoms with Crippen molar-refractivity contribution in [1.82, 2.24) is 9.80 Å². The van der Waals surface area contributed by atoms with Gasteiger partial charge >= 0.3 is 6.09 Å². The summed E-state index contributed by atoms with van der Waals surface area (Å²) in [6, 6.07) is 5.49. The third-order valence-electron chi connectivity index (χ3n) is 7.02. The number of non-ortho nitro benzene ring substituents is 1. The second-order valence-corrected chi connectivity index (χ2v) is 9.15. The summed E-state index contributed by atoms with van der Waals surface area (Å²) in [5.74, 6) is -0.908. The topological polar surface area (TPSA) is 121 Å². The molecule has 3 atom stereocenters. The molecule has 3 fully saturated rings. The number of ether oxygens (including phenoxy) is 4. The van der Waals surface area contributed by atoms with Crippen LogP contribution in [0.3, 0.4) is 0 Å². The fourth-order valence-electron chi connectivity index (χ4n) is 5.41. The van der Waals surface area contributed by atoms with Gasteiger partial charge in [-0.15, -0.1) is 0 Å². The Hall–Kier alpha value is -2.60. The minimum absolute atomic E-state index is 0.0472. The average Bonchev–Trinajstić information content (AvgIpc) is 3.26. The molecule has 4 rings (SSSR count). The summed E-state index contributed by atoms with van der Waals surface area (Å²) in [5.41, 5.74) is -0.118. The van der Waals surface area contributed by atoms with Gasteiger partial charge in [0.2, 0.25) is 5.91 Å². The van der Waals surface area contributed by atoms with E-state index < -0.39 is 16.8 Å². The minimum Gasteiger partial charge on any atom is -0.410 e. The minimum atomic E-state index is -0.830. The highest BCUT2D eigenvalue weighted by atomic mass is 16.7. The van der Waals surface area contributed by atoms with E-state index in [9.17, 15) is 19.7 Å². The SMILES string of the molecule is COCCN(C(=O)Oc1ccc([N+](=O)[O-])cc1)C(=O)[C@@H]1C[C@@H]2CC3(CC[C@H]2N(C)C1)OCCO3. The number of amides is 2. The van der Waals surface area contributed by atoms with Crippen molar-refractivity contribution in [1.29, 1.82) is 0 Å². The number of benzene rings is 1. The summed E-state index contributed by atoms with van der Waals surface area (Å²) in [4.78, 5) is 40.0. The summed E-state index contributed by atoms with van der Waals surface area (Å²) < 4.78 is 22.3. The van der Waals surface area contributed by atoms with Crippen molar-refractivity contribution in [2.75, 3.05) is 47.1 Å². The predicted molar refractivity (Wildman–Crippen MR) is 119 cm³/mol. The van der Waals surface area contributed by atoms with Crippen LogP contribution < -0.4 is 4.74 Å². The molecule has 1 spiro atoms. The molecule has 11 nitrogen and oxygen atoms in total. The van der Waals surface area contributed by atoms with E-state index in [0.29, 0.717) is 32.2 Å². The molecule has 1 aromatic carbocycles. The molecule has 2 aliphatic heterocycles. The van der Waals surface area contributed by atoms with Crippen LogP contribution in [0, 0.1) is 22.0 Å². The van der Waals surface area contributed by atoms with E-state index >= 15 is 0 Å². The zero-order valence-electron chi connectivity index (χ0n) is 19.5. The molecule has 1 aliphatic carbocycles. The van der Waals surface area contributed by atoms with Crippen molar-refractivity contribution < 1.29 is 33.5 Å². The fraction of sp³-hybridized carbons (Fsp3) is 0.652. The Bertz CT molecular complexity index is 902. The van der Waals surface area contributed by atoms with Crippen LogP contribution in [0.25, 0.3) is 0 Å². The molecule has 0 radical (unpaired) electrons. The first-order chi connectivity index (χ1) is 16.3. The molecular formula is C23H31N3O8. The Morgan fingerprint density at radius 3 is 2.62 bits per heavy atom. The quantitative estimate of drug-likeness (QED) is 0.449. The highest BCUT2D eigenvalue weighted by molar-refractivity contribution is 5.94. The second kappa shape index (κ2) is 10.3. The maximum absolute atomic E-state index is 13.5. The zero-order chi connectivity index (χ0) is 24.3. The van der Waals surface area contributed by atoms with Crippen LogP contribution in [-0.4, -0.2) is 85.6 Å². The summed E-state index contributed by atoms with van der Waals surface area (Å²) in [5, 5.41) is 10.8. The molecule has 2 amide bonds. The van der Waals surface area contributed by atoms with Gasteiger partial charge in [0.1, 0.15) is 5.75 Å². The first-order valence-electron chi connectivity index (χ1n) is 11.6. The predicted octanol–water partition coefficient (Wildman–Crippen LogP) is 2.43.